The van der Waals surface area contributed by atoms with Crippen molar-refractivity contribution in [2.75, 3.05) is 17.2 Å². The number of fused-ring (bicyclic) bond motifs is 1. The van der Waals surface area contributed by atoms with E-state index in [0.29, 0.717) is 11.5 Å². The molecule has 1 aliphatic rings. The average Bonchev–Trinajstić information content (AvgIpc) is 2.72. The maximum atomic E-state index is 13.3. The molecule has 0 saturated heterocycles. The molecule has 0 spiro atoms. The standard InChI is InChI=1S/C12H11FN4/c13-9-2-1-8-3-4-17(11(8)5-9)12-10(14)6-15-7-16-12/h1-2,5-7H,3-4,14H2. The number of aromatic nitrogens is 2. The van der Waals surface area contributed by atoms with Gasteiger partial charge < -0.3 is 10.6 Å². The normalized spacial score (nSPS) is 13.8. The van der Waals surface area contributed by atoms with Crippen LogP contribution in [0.1, 0.15) is 5.56 Å². The molecule has 17 heavy (non-hydrogen) atoms. The van der Waals surface area contributed by atoms with Crippen molar-refractivity contribution in [2.24, 2.45) is 0 Å². The van der Waals surface area contributed by atoms with Gasteiger partial charge in [0.05, 0.1) is 11.9 Å². The fourth-order valence-corrected chi connectivity index (χ4v) is 2.13. The maximum Gasteiger partial charge on any atom is 0.159 e. The lowest BCUT2D eigenvalue weighted by atomic mass is 10.2. The number of nitrogens with two attached hydrogens (primary N) is 1. The van der Waals surface area contributed by atoms with Crippen LogP contribution in [0, 0.1) is 5.82 Å². The van der Waals surface area contributed by atoms with E-state index in [4.69, 9.17) is 5.73 Å². The van der Waals surface area contributed by atoms with Crippen LogP contribution in [0.4, 0.5) is 21.6 Å². The van der Waals surface area contributed by atoms with E-state index in [2.05, 4.69) is 9.97 Å². The van der Waals surface area contributed by atoms with E-state index in [0.717, 1.165) is 24.2 Å². The van der Waals surface area contributed by atoms with Crippen molar-refractivity contribution < 1.29 is 4.39 Å². The fraction of sp³-hybridized carbons (Fsp3) is 0.167. The molecular weight excluding hydrogens is 219 g/mol. The molecular formula is C12H11FN4. The van der Waals surface area contributed by atoms with E-state index in [9.17, 15) is 4.39 Å². The number of benzene rings is 1. The second-order valence-electron chi connectivity index (χ2n) is 3.98. The summed E-state index contributed by atoms with van der Waals surface area (Å²) in [4.78, 5) is 9.94. The van der Waals surface area contributed by atoms with Crippen LogP contribution in [-0.2, 0) is 6.42 Å². The topological polar surface area (TPSA) is 55.0 Å². The van der Waals surface area contributed by atoms with E-state index < -0.39 is 0 Å². The monoisotopic (exact) mass is 230 g/mol. The molecule has 0 saturated carbocycles. The second-order valence-corrected chi connectivity index (χ2v) is 3.98. The lowest BCUT2D eigenvalue weighted by Gasteiger charge is -2.19. The Morgan fingerprint density at radius 2 is 2.24 bits per heavy atom. The number of anilines is 3. The number of halogens is 1. The van der Waals surface area contributed by atoms with Gasteiger partial charge in [-0.2, -0.15) is 0 Å². The smallest absolute Gasteiger partial charge is 0.159 e. The molecule has 0 radical (unpaired) electrons. The molecule has 2 N–H and O–H groups in total. The third kappa shape index (κ3) is 1.60. The third-order valence-corrected chi connectivity index (χ3v) is 2.92. The van der Waals surface area contributed by atoms with Crippen LogP contribution >= 0.6 is 0 Å². The lowest BCUT2D eigenvalue weighted by Crippen LogP contribution is -2.16. The molecule has 0 aliphatic carbocycles. The number of hydrogen-bond acceptors (Lipinski definition) is 4. The second kappa shape index (κ2) is 3.69. The highest BCUT2D eigenvalue weighted by molar-refractivity contribution is 5.74. The third-order valence-electron chi connectivity index (χ3n) is 2.92. The molecule has 1 aliphatic heterocycles. The summed E-state index contributed by atoms with van der Waals surface area (Å²) in [6, 6.07) is 4.80. The predicted octanol–water partition coefficient (Wildman–Crippen LogP) is 1.89. The van der Waals surface area contributed by atoms with Crippen LogP contribution < -0.4 is 10.6 Å². The summed E-state index contributed by atoms with van der Waals surface area (Å²) in [5.74, 6) is 0.396. The van der Waals surface area contributed by atoms with E-state index in [-0.39, 0.29) is 5.82 Å². The quantitative estimate of drug-likeness (QED) is 0.812. The molecule has 2 aromatic rings. The summed E-state index contributed by atoms with van der Waals surface area (Å²) in [7, 11) is 0. The first-order chi connectivity index (χ1) is 8.25. The Hall–Kier alpha value is -2.17. The van der Waals surface area contributed by atoms with Crippen LogP contribution in [0.15, 0.2) is 30.7 Å². The van der Waals surface area contributed by atoms with Gasteiger partial charge in [0.25, 0.3) is 0 Å². The highest BCUT2D eigenvalue weighted by Crippen LogP contribution is 2.35. The van der Waals surface area contributed by atoms with Crippen LogP contribution in [0.2, 0.25) is 0 Å². The van der Waals surface area contributed by atoms with Gasteiger partial charge in [-0.3, -0.25) is 0 Å². The molecule has 0 atom stereocenters. The molecule has 0 amide bonds. The van der Waals surface area contributed by atoms with Crippen molar-refractivity contribution in [2.45, 2.75) is 6.42 Å². The van der Waals surface area contributed by atoms with Crippen molar-refractivity contribution >= 4 is 17.2 Å². The summed E-state index contributed by atoms with van der Waals surface area (Å²) in [5, 5.41) is 0. The zero-order valence-corrected chi connectivity index (χ0v) is 9.10. The van der Waals surface area contributed by atoms with E-state index >= 15 is 0 Å². The van der Waals surface area contributed by atoms with E-state index in [1.807, 2.05) is 11.0 Å². The zero-order chi connectivity index (χ0) is 11.8. The van der Waals surface area contributed by atoms with Crippen LogP contribution in [0.5, 0.6) is 0 Å². The summed E-state index contributed by atoms with van der Waals surface area (Å²) < 4.78 is 13.3. The van der Waals surface area contributed by atoms with Crippen molar-refractivity contribution in [1.82, 2.24) is 9.97 Å². The Kier molecular flexibility index (Phi) is 2.18. The van der Waals surface area contributed by atoms with Gasteiger partial charge in [0, 0.05) is 12.2 Å². The Balaban J connectivity index is 2.10. The molecule has 0 unspecified atom stereocenters. The average molecular weight is 230 g/mol. The highest BCUT2D eigenvalue weighted by Gasteiger charge is 2.23. The highest BCUT2D eigenvalue weighted by atomic mass is 19.1. The minimum atomic E-state index is -0.247. The molecule has 1 aromatic heterocycles. The minimum Gasteiger partial charge on any atom is -0.394 e. The van der Waals surface area contributed by atoms with Crippen LogP contribution in [0.3, 0.4) is 0 Å². The molecule has 0 bridgehead atoms. The number of nitrogen functional groups attached to an aromatic ring is 1. The Morgan fingerprint density at radius 1 is 1.35 bits per heavy atom. The summed E-state index contributed by atoms with van der Waals surface area (Å²) in [5.41, 5.74) is 8.30. The number of nitrogens with zero attached hydrogens (tertiary/aromatic N) is 3. The minimum absolute atomic E-state index is 0.247. The Labute approximate surface area is 97.9 Å². The molecule has 2 heterocycles. The van der Waals surface area contributed by atoms with Gasteiger partial charge in [0.2, 0.25) is 0 Å². The van der Waals surface area contributed by atoms with Gasteiger partial charge in [-0.15, -0.1) is 0 Å². The fourth-order valence-electron chi connectivity index (χ4n) is 2.13. The van der Waals surface area contributed by atoms with Gasteiger partial charge in [-0.05, 0) is 24.1 Å². The largest absolute Gasteiger partial charge is 0.394 e. The molecule has 4 nitrogen and oxygen atoms in total. The molecule has 5 heteroatoms. The summed E-state index contributed by atoms with van der Waals surface area (Å²) in [6.07, 6.45) is 3.88. The molecule has 3 rings (SSSR count). The first kappa shape index (κ1) is 10.0. The summed E-state index contributed by atoms with van der Waals surface area (Å²) in [6.45, 7) is 0.764. The van der Waals surface area contributed by atoms with Gasteiger partial charge in [-0.25, -0.2) is 14.4 Å². The van der Waals surface area contributed by atoms with Crippen LogP contribution in [-0.4, -0.2) is 16.5 Å². The van der Waals surface area contributed by atoms with Crippen molar-refractivity contribution in [3.63, 3.8) is 0 Å². The van der Waals surface area contributed by atoms with E-state index in [1.165, 1.54) is 18.5 Å². The summed E-state index contributed by atoms with van der Waals surface area (Å²) >= 11 is 0. The first-order valence-electron chi connectivity index (χ1n) is 5.37. The molecule has 1 aromatic carbocycles. The molecule has 86 valence electrons. The number of hydrogen-bond donors (Lipinski definition) is 1. The van der Waals surface area contributed by atoms with E-state index in [1.54, 1.807) is 6.20 Å². The first-order valence-corrected chi connectivity index (χ1v) is 5.37. The van der Waals surface area contributed by atoms with Gasteiger partial charge in [0.15, 0.2) is 5.82 Å². The van der Waals surface area contributed by atoms with Gasteiger partial charge >= 0.3 is 0 Å². The lowest BCUT2D eigenvalue weighted by molar-refractivity contribution is 0.628. The van der Waals surface area contributed by atoms with Gasteiger partial charge in [0.1, 0.15) is 12.1 Å². The Morgan fingerprint density at radius 3 is 3.06 bits per heavy atom. The maximum absolute atomic E-state index is 13.3. The SMILES string of the molecule is Nc1cncnc1N1CCc2ccc(F)cc21. The van der Waals surface area contributed by atoms with Crippen molar-refractivity contribution in [3.05, 3.63) is 42.1 Å². The predicted molar refractivity (Wildman–Crippen MR) is 63.6 cm³/mol. The van der Waals surface area contributed by atoms with Crippen LogP contribution in [0.25, 0.3) is 0 Å². The Bertz CT molecular complexity index is 570. The van der Waals surface area contributed by atoms with Gasteiger partial charge in [-0.1, -0.05) is 6.07 Å². The number of rotatable bonds is 1. The molecule has 0 fully saturated rings. The van der Waals surface area contributed by atoms with Crippen molar-refractivity contribution in [3.8, 4) is 0 Å². The van der Waals surface area contributed by atoms with Crippen molar-refractivity contribution in [1.29, 1.82) is 0 Å². The zero-order valence-electron chi connectivity index (χ0n) is 9.10.